The molecule has 2 amide bonds. The first-order valence-corrected chi connectivity index (χ1v) is 8.61. The lowest BCUT2D eigenvalue weighted by molar-refractivity contribution is -0.117. The Kier molecular flexibility index (Phi) is 4.88. The number of benzene rings is 1. The molecule has 2 heterocycles. The number of aromatic nitrogens is 2. The van der Waals surface area contributed by atoms with E-state index in [1.807, 2.05) is 24.3 Å². The molecule has 1 aromatic heterocycles. The Balaban J connectivity index is 1.76. The van der Waals surface area contributed by atoms with Gasteiger partial charge >= 0.3 is 0 Å². The van der Waals surface area contributed by atoms with Crippen LogP contribution in [0.2, 0.25) is 0 Å². The molecule has 1 aliphatic heterocycles. The molecule has 0 fully saturated rings. The fourth-order valence-corrected chi connectivity index (χ4v) is 3.25. The zero-order valence-electron chi connectivity index (χ0n) is 15.2. The van der Waals surface area contributed by atoms with Gasteiger partial charge in [-0.2, -0.15) is 5.10 Å². The number of fused-ring (bicyclic) bond motifs is 1. The Hall–Kier alpha value is -2.96. The lowest BCUT2D eigenvalue weighted by atomic mass is 10.0. The highest BCUT2D eigenvalue weighted by Gasteiger charge is 2.24. The number of nitrogens with zero attached hydrogens (tertiary/aromatic N) is 3. The van der Waals surface area contributed by atoms with Crippen LogP contribution in [-0.4, -0.2) is 34.7 Å². The van der Waals surface area contributed by atoms with Gasteiger partial charge in [-0.25, -0.2) is 4.68 Å². The summed E-state index contributed by atoms with van der Waals surface area (Å²) in [5.41, 5.74) is 2.72. The maximum Gasteiger partial charge on any atom is 0.279 e. The van der Waals surface area contributed by atoms with Gasteiger partial charge in [0, 0.05) is 19.3 Å². The number of aryl methyl sites for hydroxylation is 3. The second kappa shape index (κ2) is 7.11. The van der Waals surface area contributed by atoms with Crippen molar-refractivity contribution in [3.63, 3.8) is 0 Å². The number of hydrogen-bond acceptors (Lipinski definition) is 4. The monoisotopic (exact) mass is 354 g/mol. The molecule has 1 N–H and O–H groups in total. The number of para-hydroxylation sites is 1. The van der Waals surface area contributed by atoms with E-state index < -0.39 is 11.5 Å². The molecule has 0 atom stereocenters. The van der Waals surface area contributed by atoms with Gasteiger partial charge in [0.15, 0.2) is 0 Å². The maximum absolute atomic E-state index is 12.6. The Labute approximate surface area is 151 Å². The molecule has 0 bridgehead atoms. The smallest absolute Gasteiger partial charge is 0.279 e. The number of carbonyl (C=O) groups is 2. The Morgan fingerprint density at radius 2 is 1.96 bits per heavy atom. The topological polar surface area (TPSA) is 84.3 Å². The van der Waals surface area contributed by atoms with E-state index in [1.165, 1.54) is 7.05 Å². The minimum absolute atomic E-state index is 0.0341. The van der Waals surface area contributed by atoms with E-state index in [-0.39, 0.29) is 18.0 Å². The number of nitrogens with one attached hydrogen (secondary N) is 1. The van der Waals surface area contributed by atoms with Gasteiger partial charge < -0.3 is 10.2 Å². The molecule has 7 heteroatoms. The van der Waals surface area contributed by atoms with Gasteiger partial charge in [0.05, 0.1) is 12.2 Å². The first kappa shape index (κ1) is 17.8. The van der Waals surface area contributed by atoms with Crippen LogP contribution in [0.15, 0.2) is 29.1 Å². The number of amides is 2. The van der Waals surface area contributed by atoms with Gasteiger partial charge in [0.25, 0.3) is 11.5 Å². The summed E-state index contributed by atoms with van der Waals surface area (Å²) in [6.07, 6.45) is 1.83. The maximum atomic E-state index is 12.6. The van der Waals surface area contributed by atoms with Crippen LogP contribution in [0.5, 0.6) is 0 Å². The molecular weight excluding hydrogens is 332 g/mol. The summed E-state index contributed by atoms with van der Waals surface area (Å²) in [6, 6.07) is 7.79. The van der Waals surface area contributed by atoms with Crippen molar-refractivity contribution in [1.82, 2.24) is 15.1 Å². The average molecular weight is 354 g/mol. The van der Waals surface area contributed by atoms with Crippen LogP contribution in [0.3, 0.4) is 0 Å². The SMILES string of the molecule is Cc1nn(C)c(=O)c(C(=O)NCC(=O)N2CCCc3ccccc32)c1C. The van der Waals surface area contributed by atoms with Crippen LogP contribution in [-0.2, 0) is 18.3 Å². The van der Waals surface area contributed by atoms with Crippen LogP contribution >= 0.6 is 0 Å². The van der Waals surface area contributed by atoms with Crippen molar-refractivity contribution in [3.05, 3.63) is 57.0 Å². The molecule has 3 rings (SSSR count). The molecule has 2 aromatic rings. The predicted molar refractivity (Wildman–Crippen MR) is 98.4 cm³/mol. The van der Waals surface area contributed by atoms with E-state index in [4.69, 9.17) is 0 Å². The zero-order valence-corrected chi connectivity index (χ0v) is 15.2. The van der Waals surface area contributed by atoms with Gasteiger partial charge in [0.1, 0.15) is 5.56 Å². The molecule has 0 radical (unpaired) electrons. The van der Waals surface area contributed by atoms with E-state index in [0.29, 0.717) is 17.8 Å². The molecule has 26 heavy (non-hydrogen) atoms. The fraction of sp³-hybridized carbons (Fsp3) is 0.368. The molecule has 7 nitrogen and oxygen atoms in total. The quantitative estimate of drug-likeness (QED) is 0.895. The number of hydrogen-bond donors (Lipinski definition) is 1. The van der Waals surface area contributed by atoms with Crippen molar-refractivity contribution in [2.75, 3.05) is 18.0 Å². The highest BCUT2D eigenvalue weighted by molar-refractivity contribution is 6.01. The summed E-state index contributed by atoms with van der Waals surface area (Å²) in [5, 5.41) is 6.65. The van der Waals surface area contributed by atoms with Crippen molar-refractivity contribution < 1.29 is 9.59 Å². The third-order valence-corrected chi connectivity index (χ3v) is 4.76. The molecule has 1 aliphatic rings. The van der Waals surface area contributed by atoms with E-state index in [2.05, 4.69) is 10.4 Å². The Bertz CT molecular complexity index is 933. The van der Waals surface area contributed by atoms with Gasteiger partial charge in [-0.15, -0.1) is 0 Å². The number of rotatable bonds is 3. The summed E-state index contributed by atoms with van der Waals surface area (Å²) in [7, 11) is 1.50. The second-order valence-corrected chi connectivity index (χ2v) is 6.47. The molecular formula is C19H22N4O3. The molecule has 1 aromatic carbocycles. The van der Waals surface area contributed by atoms with E-state index in [1.54, 1.807) is 18.7 Å². The molecule has 0 unspecified atom stereocenters. The average Bonchev–Trinajstić information content (AvgIpc) is 2.64. The second-order valence-electron chi connectivity index (χ2n) is 6.47. The minimum atomic E-state index is -0.549. The Morgan fingerprint density at radius 3 is 2.73 bits per heavy atom. The molecule has 0 saturated heterocycles. The number of anilines is 1. The lowest BCUT2D eigenvalue weighted by Gasteiger charge is -2.29. The molecule has 0 aliphatic carbocycles. The van der Waals surface area contributed by atoms with Crippen molar-refractivity contribution in [2.45, 2.75) is 26.7 Å². The normalized spacial score (nSPS) is 13.3. The molecule has 136 valence electrons. The van der Waals surface area contributed by atoms with Crippen LogP contribution in [0.1, 0.15) is 33.6 Å². The van der Waals surface area contributed by atoms with E-state index >= 15 is 0 Å². The molecule has 0 spiro atoms. The van der Waals surface area contributed by atoms with Crippen LogP contribution in [0.4, 0.5) is 5.69 Å². The summed E-state index contributed by atoms with van der Waals surface area (Å²) in [5.74, 6) is -0.738. The first-order chi connectivity index (χ1) is 12.4. The van der Waals surface area contributed by atoms with Crippen molar-refractivity contribution in [1.29, 1.82) is 0 Å². The third-order valence-electron chi connectivity index (χ3n) is 4.76. The largest absolute Gasteiger partial charge is 0.343 e. The standard InChI is InChI=1S/C19H22N4O3/c1-12-13(2)21-22(3)19(26)17(12)18(25)20-11-16(24)23-10-6-8-14-7-4-5-9-15(14)23/h4-5,7,9H,6,8,10-11H2,1-3H3,(H,20,25). The van der Waals surface area contributed by atoms with Gasteiger partial charge in [-0.1, -0.05) is 18.2 Å². The third kappa shape index (κ3) is 3.24. The van der Waals surface area contributed by atoms with Gasteiger partial charge in [-0.05, 0) is 43.9 Å². The fourth-order valence-electron chi connectivity index (χ4n) is 3.25. The van der Waals surface area contributed by atoms with Crippen LogP contribution in [0.25, 0.3) is 0 Å². The lowest BCUT2D eigenvalue weighted by Crippen LogP contribution is -2.44. The first-order valence-electron chi connectivity index (χ1n) is 8.61. The predicted octanol–water partition coefficient (Wildman–Crippen LogP) is 1.11. The minimum Gasteiger partial charge on any atom is -0.343 e. The highest BCUT2D eigenvalue weighted by Crippen LogP contribution is 2.26. The summed E-state index contributed by atoms with van der Waals surface area (Å²) >= 11 is 0. The van der Waals surface area contributed by atoms with Crippen molar-refractivity contribution in [3.8, 4) is 0 Å². The van der Waals surface area contributed by atoms with Gasteiger partial charge in [0.2, 0.25) is 5.91 Å². The van der Waals surface area contributed by atoms with Crippen molar-refractivity contribution in [2.24, 2.45) is 7.05 Å². The highest BCUT2D eigenvalue weighted by atomic mass is 16.2. The van der Waals surface area contributed by atoms with Crippen molar-refractivity contribution >= 4 is 17.5 Å². The summed E-state index contributed by atoms with van der Waals surface area (Å²) < 4.78 is 1.14. The van der Waals surface area contributed by atoms with Crippen LogP contribution in [0, 0.1) is 13.8 Å². The summed E-state index contributed by atoms with van der Waals surface area (Å²) in [4.78, 5) is 39.1. The van der Waals surface area contributed by atoms with Crippen LogP contribution < -0.4 is 15.8 Å². The van der Waals surface area contributed by atoms with E-state index in [0.717, 1.165) is 28.8 Å². The number of carbonyl (C=O) groups excluding carboxylic acids is 2. The van der Waals surface area contributed by atoms with E-state index in [9.17, 15) is 14.4 Å². The zero-order chi connectivity index (χ0) is 18.8. The molecule has 0 saturated carbocycles. The Morgan fingerprint density at radius 1 is 1.23 bits per heavy atom. The van der Waals surface area contributed by atoms with Gasteiger partial charge in [-0.3, -0.25) is 14.4 Å². The summed E-state index contributed by atoms with van der Waals surface area (Å²) in [6.45, 7) is 3.89.